The minimum Gasteiger partial charge on any atom is -0.311 e. The maximum Gasteiger partial charge on any atom is 0.441 e. The molecular formula is C15H29F3N2S. The summed E-state index contributed by atoms with van der Waals surface area (Å²) < 4.78 is 37.0. The van der Waals surface area contributed by atoms with E-state index in [2.05, 4.69) is 51.8 Å². The third kappa shape index (κ3) is 6.37. The molecule has 0 saturated carbocycles. The van der Waals surface area contributed by atoms with Crippen LogP contribution in [0.15, 0.2) is 0 Å². The van der Waals surface area contributed by atoms with Crippen LogP contribution < -0.4 is 5.32 Å². The quantitative estimate of drug-likeness (QED) is 0.845. The predicted octanol–water partition coefficient (Wildman–Crippen LogP) is 3.97. The fourth-order valence-corrected chi connectivity index (χ4v) is 3.33. The van der Waals surface area contributed by atoms with Crippen LogP contribution in [-0.4, -0.2) is 47.9 Å². The van der Waals surface area contributed by atoms with Crippen molar-refractivity contribution in [2.24, 2.45) is 10.8 Å². The highest BCUT2D eigenvalue weighted by Crippen LogP contribution is 2.33. The number of piperazine rings is 1. The van der Waals surface area contributed by atoms with E-state index in [0.717, 1.165) is 13.1 Å². The van der Waals surface area contributed by atoms with Crippen LogP contribution in [0.25, 0.3) is 0 Å². The van der Waals surface area contributed by atoms with Gasteiger partial charge in [0.05, 0.1) is 0 Å². The summed E-state index contributed by atoms with van der Waals surface area (Å²) in [5, 5.41) is 3.58. The Labute approximate surface area is 131 Å². The highest BCUT2D eigenvalue weighted by atomic mass is 32.2. The van der Waals surface area contributed by atoms with Gasteiger partial charge in [-0.2, -0.15) is 13.2 Å². The highest BCUT2D eigenvalue weighted by molar-refractivity contribution is 8.00. The first kappa shape index (κ1) is 19.1. The van der Waals surface area contributed by atoms with Crippen molar-refractivity contribution in [2.75, 3.05) is 25.4 Å². The van der Waals surface area contributed by atoms with E-state index in [0.29, 0.717) is 12.6 Å². The molecule has 2 atom stereocenters. The van der Waals surface area contributed by atoms with Gasteiger partial charge in [-0.3, -0.25) is 4.90 Å². The molecule has 0 aliphatic carbocycles. The Morgan fingerprint density at radius 2 is 1.62 bits per heavy atom. The van der Waals surface area contributed by atoms with Gasteiger partial charge in [0.15, 0.2) is 0 Å². The molecule has 1 rings (SSSR count). The number of nitrogens with one attached hydrogen (secondary N) is 1. The number of nitrogens with zero attached hydrogens (tertiary/aromatic N) is 1. The second-order valence-electron chi connectivity index (χ2n) is 8.00. The molecule has 2 nitrogen and oxygen atoms in total. The van der Waals surface area contributed by atoms with Gasteiger partial charge in [0.1, 0.15) is 0 Å². The maximum absolute atomic E-state index is 12.3. The molecule has 0 aromatic rings. The van der Waals surface area contributed by atoms with Gasteiger partial charge in [0.25, 0.3) is 0 Å². The van der Waals surface area contributed by atoms with E-state index in [4.69, 9.17) is 0 Å². The lowest BCUT2D eigenvalue weighted by Crippen LogP contribution is -2.63. The highest BCUT2D eigenvalue weighted by Gasteiger charge is 2.39. The molecule has 1 fully saturated rings. The van der Waals surface area contributed by atoms with E-state index in [1.165, 1.54) is 0 Å². The average molecular weight is 326 g/mol. The third-order valence-electron chi connectivity index (χ3n) is 4.10. The topological polar surface area (TPSA) is 15.3 Å². The largest absolute Gasteiger partial charge is 0.441 e. The van der Waals surface area contributed by atoms with Crippen LogP contribution in [0.1, 0.15) is 41.5 Å². The number of hydrogen-bond acceptors (Lipinski definition) is 3. The molecule has 0 amide bonds. The average Bonchev–Trinajstić information content (AvgIpc) is 2.24. The monoisotopic (exact) mass is 326 g/mol. The van der Waals surface area contributed by atoms with Gasteiger partial charge >= 0.3 is 5.51 Å². The molecule has 0 aromatic heterocycles. The molecule has 0 radical (unpaired) electrons. The van der Waals surface area contributed by atoms with E-state index in [1.807, 2.05) is 0 Å². The normalized spacial score (nSPS) is 26.1. The van der Waals surface area contributed by atoms with Gasteiger partial charge in [0.2, 0.25) is 0 Å². The molecule has 6 heteroatoms. The zero-order chi connectivity index (χ0) is 16.5. The number of rotatable bonds is 3. The fraction of sp³-hybridized carbons (Fsp3) is 1.00. The third-order valence-corrected chi connectivity index (χ3v) is 4.82. The Kier molecular flexibility index (Phi) is 6.07. The summed E-state index contributed by atoms with van der Waals surface area (Å²) in [4.78, 5) is 2.24. The van der Waals surface area contributed by atoms with Gasteiger partial charge in [-0.25, -0.2) is 0 Å². The predicted molar refractivity (Wildman–Crippen MR) is 84.6 cm³/mol. The van der Waals surface area contributed by atoms with Crippen molar-refractivity contribution in [3.05, 3.63) is 0 Å². The second-order valence-corrected chi connectivity index (χ2v) is 9.16. The molecule has 1 saturated heterocycles. The fourth-order valence-electron chi connectivity index (χ4n) is 2.77. The lowest BCUT2D eigenvalue weighted by atomic mass is 9.79. The SMILES string of the molecule is CC(C)(C)C1CN(CCSC(F)(F)F)C(C(C)(C)C)CN1. The van der Waals surface area contributed by atoms with E-state index >= 15 is 0 Å². The summed E-state index contributed by atoms with van der Waals surface area (Å²) in [7, 11) is 0. The Morgan fingerprint density at radius 1 is 1.05 bits per heavy atom. The summed E-state index contributed by atoms with van der Waals surface area (Å²) >= 11 is 0.0865. The first-order chi connectivity index (χ1) is 9.31. The zero-order valence-corrected chi connectivity index (χ0v) is 14.8. The molecule has 1 aliphatic heterocycles. The Balaban J connectivity index is 2.70. The van der Waals surface area contributed by atoms with Crippen molar-refractivity contribution in [1.82, 2.24) is 10.2 Å². The van der Waals surface area contributed by atoms with E-state index in [-0.39, 0.29) is 34.4 Å². The number of alkyl halides is 3. The van der Waals surface area contributed by atoms with Crippen LogP contribution >= 0.6 is 11.8 Å². The number of halogens is 3. The molecule has 1 heterocycles. The summed E-state index contributed by atoms with van der Waals surface area (Å²) in [6.07, 6.45) is 0. The van der Waals surface area contributed by atoms with Crippen molar-refractivity contribution in [3.8, 4) is 0 Å². The lowest BCUT2D eigenvalue weighted by molar-refractivity contribution is -0.0331. The van der Waals surface area contributed by atoms with Crippen molar-refractivity contribution < 1.29 is 13.2 Å². The van der Waals surface area contributed by atoms with Crippen molar-refractivity contribution in [3.63, 3.8) is 0 Å². The first-order valence-corrected chi connectivity index (χ1v) is 8.47. The Hall–Kier alpha value is 0.0600. The van der Waals surface area contributed by atoms with Gasteiger partial charge in [0, 0.05) is 37.5 Å². The molecule has 0 spiro atoms. The summed E-state index contributed by atoms with van der Waals surface area (Å²) in [6, 6.07) is 0.580. The standard InChI is InChI=1S/C15H29F3N2S/c1-13(2,3)11-10-20(7-8-21-15(16,17)18)12(9-19-11)14(4,5)6/h11-12,19H,7-10H2,1-6H3. The van der Waals surface area contributed by atoms with Crippen molar-refractivity contribution in [1.29, 1.82) is 0 Å². The minimum absolute atomic E-state index is 0.0543. The van der Waals surface area contributed by atoms with Gasteiger partial charge in [-0.1, -0.05) is 41.5 Å². The first-order valence-electron chi connectivity index (χ1n) is 7.49. The van der Waals surface area contributed by atoms with Crippen LogP contribution in [0.5, 0.6) is 0 Å². The Bertz CT molecular complexity index is 331. The van der Waals surface area contributed by atoms with Gasteiger partial charge < -0.3 is 5.32 Å². The number of thioether (sulfide) groups is 1. The number of hydrogen-bond donors (Lipinski definition) is 1. The molecule has 1 aliphatic rings. The van der Waals surface area contributed by atoms with Crippen LogP contribution in [0.4, 0.5) is 13.2 Å². The van der Waals surface area contributed by atoms with Gasteiger partial charge in [-0.15, -0.1) is 0 Å². The second kappa shape index (κ2) is 6.67. The summed E-state index contributed by atoms with van der Waals surface area (Å²) in [6.45, 7) is 15.1. The Morgan fingerprint density at radius 3 is 2.05 bits per heavy atom. The summed E-state index contributed by atoms with van der Waals surface area (Å²) in [5.41, 5.74) is -3.97. The van der Waals surface area contributed by atoms with Crippen molar-refractivity contribution >= 4 is 11.8 Å². The van der Waals surface area contributed by atoms with E-state index in [1.54, 1.807) is 0 Å². The zero-order valence-electron chi connectivity index (χ0n) is 14.0. The maximum atomic E-state index is 12.3. The van der Waals surface area contributed by atoms with E-state index in [9.17, 15) is 13.2 Å². The molecule has 0 aromatic carbocycles. The molecule has 21 heavy (non-hydrogen) atoms. The van der Waals surface area contributed by atoms with E-state index < -0.39 is 5.51 Å². The van der Waals surface area contributed by atoms with Gasteiger partial charge in [-0.05, 0) is 22.6 Å². The van der Waals surface area contributed by atoms with Crippen LogP contribution in [-0.2, 0) is 0 Å². The molecule has 126 valence electrons. The molecule has 2 unspecified atom stereocenters. The molecular weight excluding hydrogens is 297 g/mol. The van der Waals surface area contributed by atoms with Crippen LogP contribution in [0.2, 0.25) is 0 Å². The summed E-state index contributed by atoms with van der Waals surface area (Å²) in [5.74, 6) is 0.104. The minimum atomic E-state index is -4.13. The van der Waals surface area contributed by atoms with Crippen LogP contribution in [0.3, 0.4) is 0 Å². The molecule has 0 bridgehead atoms. The lowest BCUT2D eigenvalue weighted by Gasteiger charge is -2.49. The van der Waals surface area contributed by atoms with Crippen molar-refractivity contribution in [2.45, 2.75) is 59.1 Å². The molecule has 1 N–H and O–H groups in total. The smallest absolute Gasteiger partial charge is 0.311 e. The van der Waals surface area contributed by atoms with Crippen LogP contribution in [0, 0.1) is 10.8 Å².